The van der Waals surface area contributed by atoms with E-state index < -0.39 is 22.5 Å². The number of hydrogen-bond donors (Lipinski definition) is 0. The van der Waals surface area contributed by atoms with Crippen LogP contribution in [0.1, 0.15) is 19.7 Å². The zero-order chi connectivity index (χ0) is 13.2. The summed E-state index contributed by atoms with van der Waals surface area (Å²) in [4.78, 5) is 24.9. The number of aryl methyl sites for hydroxylation is 1. The first-order valence-corrected chi connectivity index (χ1v) is 4.87. The van der Waals surface area contributed by atoms with E-state index in [1.165, 1.54) is 13.8 Å². The van der Waals surface area contributed by atoms with Crippen LogP contribution >= 0.6 is 0 Å². The summed E-state index contributed by atoms with van der Waals surface area (Å²) in [6, 6.07) is 0. The number of alkyl halides is 1. The van der Waals surface area contributed by atoms with Crippen molar-refractivity contribution in [3.05, 3.63) is 22.1 Å². The molecule has 8 heteroatoms. The average molecular weight is 245 g/mol. The first-order chi connectivity index (χ1) is 7.82. The van der Waals surface area contributed by atoms with Crippen molar-refractivity contribution in [1.82, 2.24) is 9.55 Å². The van der Waals surface area contributed by atoms with Gasteiger partial charge in [0.2, 0.25) is 0 Å². The highest BCUT2D eigenvalue weighted by Crippen LogP contribution is 2.28. The Bertz CT molecular complexity index is 455. The topological polar surface area (TPSA) is 87.3 Å². The number of carbonyl (C=O) groups is 1. The third-order valence-electron chi connectivity index (χ3n) is 2.17. The molecule has 0 amide bonds. The molecule has 1 aromatic rings. The fourth-order valence-electron chi connectivity index (χ4n) is 1.43. The van der Waals surface area contributed by atoms with Gasteiger partial charge in [0.25, 0.3) is 0 Å². The van der Waals surface area contributed by atoms with Crippen molar-refractivity contribution >= 4 is 11.8 Å². The van der Waals surface area contributed by atoms with Gasteiger partial charge in [-0.1, -0.05) is 0 Å². The van der Waals surface area contributed by atoms with Crippen molar-refractivity contribution < 1.29 is 18.8 Å². The Morgan fingerprint density at radius 2 is 2.35 bits per heavy atom. The van der Waals surface area contributed by atoms with Gasteiger partial charge in [-0.3, -0.25) is 0 Å². The maximum Gasteiger partial charge on any atom is 0.389 e. The van der Waals surface area contributed by atoms with Crippen molar-refractivity contribution in [3.8, 4) is 0 Å². The predicted octanol–water partition coefficient (Wildman–Crippen LogP) is 1.31. The summed E-state index contributed by atoms with van der Waals surface area (Å²) in [5, 5.41) is 10.7. The van der Waals surface area contributed by atoms with E-state index in [1.807, 2.05) is 0 Å². The molecule has 1 aromatic heterocycles. The van der Waals surface area contributed by atoms with Gasteiger partial charge in [0, 0.05) is 13.8 Å². The zero-order valence-corrected chi connectivity index (χ0v) is 9.64. The summed E-state index contributed by atoms with van der Waals surface area (Å²) in [6.07, 6.45) is 0.895. The molecule has 0 N–H and O–H groups in total. The molecule has 17 heavy (non-hydrogen) atoms. The SMILES string of the molecule is CCOC(=O)C(C)(F)n1c([N+](=O)[O-])cnc1C. The molecule has 0 fully saturated rings. The second kappa shape index (κ2) is 4.48. The van der Waals surface area contributed by atoms with Crippen LogP contribution in [0.4, 0.5) is 10.2 Å². The molecule has 0 aromatic carbocycles. The van der Waals surface area contributed by atoms with Gasteiger partial charge in [0.05, 0.1) is 6.61 Å². The van der Waals surface area contributed by atoms with Crippen molar-refractivity contribution in [3.63, 3.8) is 0 Å². The first kappa shape index (κ1) is 13.1. The highest BCUT2D eigenvalue weighted by Gasteiger charge is 2.46. The first-order valence-electron chi connectivity index (χ1n) is 4.87. The van der Waals surface area contributed by atoms with Crippen molar-refractivity contribution in [2.45, 2.75) is 26.6 Å². The summed E-state index contributed by atoms with van der Waals surface area (Å²) < 4.78 is 19.4. The minimum absolute atomic E-state index is 0.0140. The van der Waals surface area contributed by atoms with Gasteiger partial charge >= 0.3 is 17.6 Å². The molecule has 1 atom stereocenters. The largest absolute Gasteiger partial charge is 0.460 e. The molecule has 1 rings (SSSR count). The lowest BCUT2D eigenvalue weighted by molar-refractivity contribution is -0.394. The molecular formula is C9H12FN3O4. The second-order valence-electron chi connectivity index (χ2n) is 3.43. The van der Waals surface area contributed by atoms with Gasteiger partial charge in [0.1, 0.15) is 6.20 Å². The molecule has 0 radical (unpaired) electrons. The highest BCUT2D eigenvalue weighted by atomic mass is 19.1. The highest BCUT2D eigenvalue weighted by molar-refractivity contribution is 5.77. The molecule has 7 nitrogen and oxygen atoms in total. The van der Waals surface area contributed by atoms with Gasteiger partial charge in [-0.05, 0) is 11.8 Å². The van der Waals surface area contributed by atoms with E-state index in [1.54, 1.807) is 0 Å². The van der Waals surface area contributed by atoms with Crippen molar-refractivity contribution in [1.29, 1.82) is 0 Å². The van der Waals surface area contributed by atoms with Crippen LogP contribution in [0.3, 0.4) is 0 Å². The number of aromatic nitrogens is 2. The molecule has 0 aliphatic rings. The summed E-state index contributed by atoms with van der Waals surface area (Å²) in [5.74, 6) is -4.42. The zero-order valence-electron chi connectivity index (χ0n) is 9.64. The number of halogens is 1. The fraction of sp³-hybridized carbons (Fsp3) is 0.556. The Hall–Kier alpha value is -1.99. The number of nitrogens with zero attached hydrogens (tertiary/aromatic N) is 3. The summed E-state index contributed by atoms with van der Waals surface area (Å²) in [7, 11) is 0. The van der Waals surface area contributed by atoms with E-state index in [-0.39, 0.29) is 12.4 Å². The Labute approximate surface area is 96.4 Å². The molecule has 94 valence electrons. The fourth-order valence-corrected chi connectivity index (χ4v) is 1.43. The van der Waals surface area contributed by atoms with Gasteiger partial charge in [-0.25, -0.2) is 9.78 Å². The number of imidazole rings is 1. The molecule has 1 unspecified atom stereocenters. The van der Waals surface area contributed by atoms with Gasteiger partial charge < -0.3 is 14.9 Å². The Balaban J connectivity index is 3.27. The molecule has 0 saturated carbocycles. The lowest BCUT2D eigenvalue weighted by atomic mass is 10.3. The van der Waals surface area contributed by atoms with Crippen molar-refractivity contribution in [2.75, 3.05) is 6.61 Å². The number of carbonyl (C=O) groups excluding carboxylic acids is 1. The Kier molecular flexibility index (Phi) is 3.45. The standard InChI is InChI=1S/C9H12FN3O4/c1-4-17-8(14)9(3,10)12-6(2)11-5-7(12)13(15)16/h5H,4H2,1-3H3. The van der Waals surface area contributed by atoms with Gasteiger partial charge in [-0.2, -0.15) is 8.96 Å². The molecule has 0 spiro atoms. The maximum atomic E-state index is 14.3. The lowest BCUT2D eigenvalue weighted by Crippen LogP contribution is -2.37. The van der Waals surface area contributed by atoms with Gasteiger partial charge in [-0.15, -0.1) is 0 Å². The van der Waals surface area contributed by atoms with E-state index in [2.05, 4.69) is 9.72 Å². The van der Waals surface area contributed by atoms with Crippen LogP contribution in [0.25, 0.3) is 0 Å². The number of esters is 1. The molecular weight excluding hydrogens is 233 g/mol. The van der Waals surface area contributed by atoms with Gasteiger partial charge in [0.15, 0.2) is 5.82 Å². The number of nitro groups is 1. The van der Waals surface area contributed by atoms with E-state index in [0.29, 0.717) is 4.57 Å². The number of ether oxygens (including phenoxy) is 1. The summed E-state index contributed by atoms with van der Waals surface area (Å²) >= 11 is 0. The Morgan fingerprint density at radius 1 is 1.76 bits per heavy atom. The van der Waals surface area contributed by atoms with E-state index in [9.17, 15) is 19.3 Å². The van der Waals surface area contributed by atoms with Crippen LogP contribution < -0.4 is 0 Å². The smallest absolute Gasteiger partial charge is 0.389 e. The Morgan fingerprint density at radius 3 is 2.82 bits per heavy atom. The van der Waals surface area contributed by atoms with E-state index >= 15 is 0 Å². The van der Waals surface area contributed by atoms with Crippen LogP contribution in [0.5, 0.6) is 0 Å². The maximum absolute atomic E-state index is 14.3. The van der Waals surface area contributed by atoms with E-state index in [4.69, 9.17) is 0 Å². The molecule has 0 bridgehead atoms. The third-order valence-corrected chi connectivity index (χ3v) is 2.17. The molecule has 1 heterocycles. The van der Waals surface area contributed by atoms with Crippen LogP contribution in [-0.4, -0.2) is 27.1 Å². The van der Waals surface area contributed by atoms with Crippen LogP contribution in [0.2, 0.25) is 0 Å². The van der Waals surface area contributed by atoms with Crippen molar-refractivity contribution in [2.24, 2.45) is 0 Å². The van der Waals surface area contributed by atoms with E-state index in [0.717, 1.165) is 13.1 Å². The number of hydrogen-bond acceptors (Lipinski definition) is 5. The minimum atomic E-state index is -2.65. The third kappa shape index (κ3) is 2.24. The average Bonchev–Trinajstić information content (AvgIpc) is 2.61. The summed E-state index contributed by atoms with van der Waals surface area (Å²) in [5.41, 5.74) is 0. The summed E-state index contributed by atoms with van der Waals surface area (Å²) in [6.45, 7) is 3.76. The quantitative estimate of drug-likeness (QED) is 0.453. The van der Waals surface area contributed by atoms with Crippen LogP contribution in [0.15, 0.2) is 6.20 Å². The van der Waals surface area contributed by atoms with Crippen LogP contribution in [-0.2, 0) is 15.3 Å². The second-order valence-corrected chi connectivity index (χ2v) is 3.43. The van der Waals surface area contributed by atoms with Crippen LogP contribution in [0, 0.1) is 17.0 Å². The lowest BCUT2D eigenvalue weighted by Gasteiger charge is -2.17. The molecule has 0 aliphatic heterocycles. The monoisotopic (exact) mass is 245 g/mol. The molecule has 0 saturated heterocycles. The predicted molar refractivity (Wildman–Crippen MR) is 55.0 cm³/mol. The normalized spacial score (nSPS) is 14.1. The molecule has 0 aliphatic carbocycles. The minimum Gasteiger partial charge on any atom is -0.460 e. The number of rotatable bonds is 4.